The third-order valence-corrected chi connectivity index (χ3v) is 4.55. The zero-order valence-electron chi connectivity index (χ0n) is 11.2. The molecule has 0 bridgehead atoms. The van der Waals surface area contributed by atoms with Gasteiger partial charge in [0.05, 0.1) is 24.6 Å². The van der Waals surface area contributed by atoms with Crippen molar-refractivity contribution < 1.29 is 14.6 Å². The monoisotopic (exact) mass is 272 g/mol. The molecule has 1 amide bonds. The number of hydrogen-bond acceptors (Lipinski definition) is 3. The maximum Gasteiger partial charge on any atom is 0.407 e. The number of hydrogen-bond donors (Lipinski definition) is 1. The summed E-state index contributed by atoms with van der Waals surface area (Å²) in [7, 11) is 1.60. The Bertz CT molecular complexity index is 589. The molecule has 20 heavy (non-hydrogen) atoms. The van der Waals surface area contributed by atoms with E-state index >= 15 is 0 Å². The summed E-state index contributed by atoms with van der Waals surface area (Å²) in [5.41, 5.74) is 0.528. The molecule has 1 spiro atoms. The summed E-state index contributed by atoms with van der Waals surface area (Å²) in [6.45, 7) is 0.390. The fourth-order valence-electron chi connectivity index (χ4n) is 3.38. The first kappa shape index (κ1) is 12.8. The molecular formula is C15H16N2O3. The van der Waals surface area contributed by atoms with Crippen molar-refractivity contribution in [3.63, 3.8) is 0 Å². The molecule has 1 aromatic carbocycles. The highest BCUT2D eigenvalue weighted by Crippen LogP contribution is 2.57. The molecule has 0 unspecified atom stereocenters. The molecule has 1 heterocycles. The van der Waals surface area contributed by atoms with Crippen LogP contribution in [0.1, 0.15) is 24.3 Å². The molecule has 0 aromatic heterocycles. The van der Waals surface area contributed by atoms with Crippen LogP contribution in [0.4, 0.5) is 4.79 Å². The summed E-state index contributed by atoms with van der Waals surface area (Å²) in [4.78, 5) is 12.9. The largest absolute Gasteiger partial charge is 0.497 e. The number of methoxy groups -OCH3 is 1. The van der Waals surface area contributed by atoms with Crippen molar-refractivity contribution in [3.05, 3.63) is 29.8 Å². The lowest BCUT2D eigenvalue weighted by molar-refractivity contribution is 0.131. The van der Waals surface area contributed by atoms with E-state index in [-0.39, 0.29) is 11.8 Å². The molecule has 1 saturated heterocycles. The summed E-state index contributed by atoms with van der Waals surface area (Å²) in [6, 6.07) is 9.91. The fraction of sp³-hybridized carbons (Fsp3) is 0.467. The van der Waals surface area contributed by atoms with Crippen LogP contribution in [0.15, 0.2) is 24.3 Å². The Labute approximate surface area is 117 Å². The van der Waals surface area contributed by atoms with Crippen LogP contribution in [0.5, 0.6) is 5.75 Å². The Kier molecular flexibility index (Phi) is 2.82. The molecule has 2 fully saturated rings. The molecule has 5 heteroatoms. The van der Waals surface area contributed by atoms with E-state index < -0.39 is 11.6 Å². The molecule has 1 N–H and O–H groups in total. The number of carbonyl (C=O) groups is 1. The standard InChI is InChI=1S/C15H16N2O3/c1-20-11-4-2-3-10(7-11)12-9-17(14(18)19)15(5-6-15)13(12)8-16/h2-4,7,12-13H,5-6,9H2,1H3,(H,18,19)/t12-,13-/m0/s1. The zero-order valence-corrected chi connectivity index (χ0v) is 11.2. The van der Waals surface area contributed by atoms with Crippen LogP contribution >= 0.6 is 0 Å². The number of benzene rings is 1. The Morgan fingerprint density at radius 3 is 2.85 bits per heavy atom. The molecular weight excluding hydrogens is 256 g/mol. The van der Waals surface area contributed by atoms with E-state index in [1.54, 1.807) is 7.11 Å². The predicted octanol–water partition coefficient (Wildman–Crippen LogP) is 2.44. The smallest absolute Gasteiger partial charge is 0.407 e. The van der Waals surface area contributed by atoms with Crippen molar-refractivity contribution in [2.75, 3.05) is 13.7 Å². The Morgan fingerprint density at radius 1 is 1.55 bits per heavy atom. The van der Waals surface area contributed by atoms with Gasteiger partial charge >= 0.3 is 6.09 Å². The Hall–Kier alpha value is -2.22. The minimum Gasteiger partial charge on any atom is -0.497 e. The minimum absolute atomic E-state index is 0.0753. The van der Waals surface area contributed by atoms with Crippen LogP contribution in [0.3, 0.4) is 0 Å². The van der Waals surface area contributed by atoms with Crippen molar-refractivity contribution >= 4 is 6.09 Å². The van der Waals surface area contributed by atoms with E-state index in [1.165, 1.54) is 4.90 Å². The van der Waals surface area contributed by atoms with Gasteiger partial charge in [0.1, 0.15) is 5.75 Å². The molecule has 2 atom stereocenters. The molecule has 3 rings (SSSR count). The lowest BCUT2D eigenvalue weighted by Crippen LogP contribution is -2.38. The van der Waals surface area contributed by atoms with E-state index in [0.717, 1.165) is 24.2 Å². The van der Waals surface area contributed by atoms with E-state index in [1.807, 2.05) is 24.3 Å². The average molecular weight is 272 g/mol. The molecule has 5 nitrogen and oxygen atoms in total. The van der Waals surface area contributed by atoms with E-state index in [9.17, 15) is 15.2 Å². The Morgan fingerprint density at radius 2 is 2.30 bits per heavy atom. The molecule has 0 radical (unpaired) electrons. The second-order valence-electron chi connectivity index (χ2n) is 5.49. The summed E-state index contributed by atoms with van der Waals surface area (Å²) >= 11 is 0. The summed E-state index contributed by atoms with van der Waals surface area (Å²) in [6.07, 6.45) is 0.656. The normalized spacial score (nSPS) is 26.3. The molecule has 1 aromatic rings. The molecule has 1 saturated carbocycles. The van der Waals surface area contributed by atoms with Gasteiger partial charge in [-0.25, -0.2) is 4.79 Å². The molecule has 1 aliphatic heterocycles. The SMILES string of the molecule is COc1cccc([C@@H]2CN(C(=O)O)C3(CC3)[C@H]2C#N)c1. The second kappa shape index (κ2) is 4.41. The van der Waals surface area contributed by atoms with Crippen LogP contribution in [0.2, 0.25) is 0 Å². The number of carboxylic acid groups (broad SMARTS) is 1. The highest BCUT2D eigenvalue weighted by atomic mass is 16.5. The molecule has 2 aliphatic rings. The van der Waals surface area contributed by atoms with Gasteiger partial charge in [0, 0.05) is 12.5 Å². The quantitative estimate of drug-likeness (QED) is 0.897. The Balaban J connectivity index is 1.97. The number of nitriles is 1. The van der Waals surface area contributed by atoms with E-state index in [2.05, 4.69) is 6.07 Å². The van der Waals surface area contributed by atoms with Gasteiger partial charge in [0.25, 0.3) is 0 Å². The van der Waals surface area contributed by atoms with Crippen molar-refractivity contribution in [1.82, 2.24) is 4.90 Å². The van der Waals surface area contributed by atoms with Crippen molar-refractivity contribution in [1.29, 1.82) is 5.26 Å². The fourth-order valence-corrected chi connectivity index (χ4v) is 3.38. The number of nitrogens with zero attached hydrogens (tertiary/aromatic N) is 2. The van der Waals surface area contributed by atoms with E-state index in [0.29, 0.717) is 6.54 Å². The highest BCUT2D eigenvalue weighted by Gasteiger charge is 2.63. The third kappa shape index (κ3) is 1.72. The highest BCUT2D eigenvalue weighted by molar-refractivity contribution is 5.68. The predicted molar refractivity (Wildman–Crippen MR) is 71.5 cm³/mol. The number of amides is 1. The van der Waals surface area contributed by atoms with Gasteiger partial charge in [0.2, 0.25) is 0 Å². The second-order valence-corrected chi connectivity index (χ2v) is 5.49. The summed E-state index contributed by atoms with van der Waals surface area (Å²) in [5.74, 6) is 0.386. The van der Waals surface area contributed by atoms with Crippen LogP contribution in [-0.4, -0.2) is 35.3 Å². The lowest BCUT2D eigenvalue weighted by atomic mass is 9.85. The number of likely N-dealkylation sites (tertiary alicyclic amines) is 1. The maximum atomic E-state index is 11.4. The van der Waals surface area contributed by atoms with Gasteiger partial charge in [-0.3, -0.25) is 0 Å². The molecule has 1 aliphatic carbocycles. The first-order valence-corrected chi connectivity index (χ1v) is 6.66. The van der Waals surface area contributed by atoms with Crippen molar-refractivity contribution in [2.24, 2.45) is 5.92 Å². The summed E-state index contributed by atoms with van der Waals surface area (Å²) < 4.78 is 5.21. The van der Waals surface area contributed by atoms with Crippen LogP contribution in [0, 0.1) is 17.2 Å². The first-order valence-electron chi connectivity index (χ1n) is 6.66. The average Bonchev–Trinajstić information content (AvgIpc) is 3.15. The van der Waals surface area contributed by atoms with Crippen LogP contribution in [0.25, 0.3) is 0 Å². The van der Waals surface area contributed by atoms with Gasteiger partial charge in [-0.1, -0.05) is 12.1 Å². The third-order valence-electron chi connectivity index (χ3n) is 4.55. The topological polar surface area (TPSA) is 73.6 Å². The number of rotatable bonds is 2. The number of ether oxygens (including phenoxy) is 1. The van der Waals surface area contributed by atoms with Crippen LogP contribution < -0.4 is 4.74 Å². The van der Waals surface area contributed by atoms with Gasteiger partial charge < -0.3 is 14.7 Å². The molecule has 104 valence electrons. The lowest BCUT2D eigenvalue weighted by Gasteiger charge is -2.22. The summed E-state index contributed by atoms with van der Waals surface area (Å²) in [5, 5.41) is 18.9. The minimum atomic E-state index is -0.923. The van der Waals surface area contributed by atoms with Gasteiger partial charge in [-0.2, -0.15) is 5.26 Å². The van der Waals surface area contributed by atoms with Crippen LogP contribution in [-0.2, 0) is 0 Å². The van der Waals surface area contributed by atoms with Gasteiger partial charge in [0.15, 0.2) is 0 Å². The maximum absolute atomic E-state index is 11.4. The zero-order chi connectivity index (χ0) is 14.3. The van der Waals surface area contributed by atoms with Gasteiger partial charge in [-0.05, 0) is 30.5 Å². The van der Waals surface area contributed by atoms with E-state index in [4.69, 9.17) is 4.74 Å². The van der Waals surface area contributed by atoms with Crippen molar-refractivity contribution in [3.8, 4) is 11.8 Å². The first-order chi connectivity index (χ1) is 9.62. The van der Waals surface area contributed by atoms with Crippen molar-refractivity contribution in [2.45, 2.75) is 24.3 Å². The van der Waals surface area contributed by atoms with Gasteiger partial charge in [-0.15, -0.1) is 0 Å².